The zero-order valence-electron chi connectivity index (χ0n) is 13.9. The van der Waals surface area contributed by atoms with Gasteiger partial charge in [-0.2, -0.15) is 0 Å². The van der Waals surface area contributed by atoms with Gasteiger partial charge in [0.05, 0.1) is 19.7 Å². The third-order valence-corrected chi connectivity index (χ3v) is 3.80. The lowest BCUT2D eigenvalue weighted by molar-refractivity contribution is 0.0953. The molecule has 1 amide bonds. The summed E-state index contributed by atoms with van der Waals surface area (Å²) in [6.07, 6.45) is 0.609. The van der Waals surface area contributed by atoms with Crippen LogP contribution in [0.4, 0.5) is 0 Å². The number of carbonyl (C=O) groups excluding carboxylic acids is 1. The molecular weight excluding hydrogens is 324 g/mol. The Hall–Kier alpha value is -3.22. The molecule has 0 saturated carbocycles. The first-order valence-corrected chi connectivity index (χ1v) is 7.72. The molecule has 2 aromatic carbocycles. The van der Waals surface area contributed by atoms with Gasteiger partial charge in [-0.15, -0.1) is 0 Å². The van der Waals surface area contributed by atoms with Crippen LogP contribution in [0.15, 0.2) is 45.6 Å². The van der Waals surface area contributed by atoms with E-state index in [0.29, 0.717) is 41.1 Å². The summed E-state index contributed by atoms with van der Waals surface area (Å²) in [6, 6.07) is 10.5. The third-order valence-electron chi connectivity index (χ3n) is 3.80. The summed E-state index contributed by atoms with van der Waals surface area (Å²) in [5, 5.41) is 2.85. The molecule has 1 heterocycles. The SMILES string of the molecule is COc1cc(OC)cc(C(=O)NCCc2ccc3[nH]c(=O)oc3c2)c1. The molecule has 2 N–H and O–H groups in total. The Morgan fingerprint density at radius 2 is 1.84 bits per heavy atom. The van der Waals surface area contributed by atoms with Gasteiger partial charge in [0.1, 0.15) is 11.5 Å². The normalized spacial score (nSPS) is 10.6. The number of oxazole rings is 1. The Labute approximate surface area is 143 Å². The van der Waals surface area contributed by atoms with E-state index in [1.807, 2.05) is 6.07 Å². The minimum atomic E-state index is -0.479. The lowest BCUT2D eigenvalue weighted by Gasteiger charge is -2.09. The molecule has 0 bridgehead atoms. The number of methoxy groups -OCH3 is 2. The molecule has 130 valence electrons. The monoisotopic (exact) mass is 342 g/mol. The van der Waals surface area contributed by atoms with Gasteiger partial charge in [-0.3, -0.25) is 9.78 Å². The average Bonchev–Trinajstić information content (AvgIpc) is 3.00. The molecule has 0 aliphatic rings. The largest absolute Gasteiger partial charge is 0.497 e. The second-order valence-electron chi connectivity index (χ2n) is 5.45. The van der Waals surface area contributed by atoms with Crippen molar-refractivity contribution in [3.8, 4) is 11.5 Å². The van der Waals surface area contributed by atoms with E-state index >= 15 is 0 Å². The van der Waals surface area contributed by atoms with Gasteiger partial charge in [0.15, 0.2) is 5.58 Å². The van der Waals surface area contributed by atoms with Crippen LogP contribution in [0.25, 0.3) is 11.1 Å². The summed E-state index contributed by atoms with van der Waals surface area (Å²) in [4.78, 5) is 26.1. The van der Waals surface area contributed by atoms with Gasteiger partial charge in [0, 0.05) is 18.2 Å². The zero-order chi connectivity index (χ0) is 17.8. The number of fused-ring (bicyclic) bond motifs is 1. The molecule has 3 aromatic rings. The smallest absolute Gasteiger partial charge is 0.417 e. The molecule has 0 spiro atoms. The molecule has 1 aromatic heterocycles. The van der Waals surface area contributed by atoms with E-state index in [1.165, 1.54) is 14.2 Å². The number of H-pyrrole nitrogens is 1. The standard InChI is InChI=1S/C18H18N2O5/c1-23-13-8-12(9-14(10-13)24-2)17(21)19-6-5-11-3-4-15-16(7-11)25-18(22)20-15/h3-4,7-10H,5-6H2,1-2H3,(H,19,21)(H,20,22). The maximum Gasteiger partial charge on any atom is 0.417 e. The quantitative estimate of drug-likeness (QED) is 0.716. The lowest BCUT2D eigenvalue weighted by atomic mass is 10.1. The number of ether oxygens (including phenoxy) is 2. The molecule has 0 atom stereocenters. The van der Waals surface area contributed by atoms with Crippen LogP contribution in [-0.4, -0.2) is 31.7 Å². The predicted molar refractivity (Wildman–Crippen MR) is 92.4 cm³/mol. The average molecular weight is 342 g/mol. The highest BCUT2D eigenvalue weighted by Gasteiger charge is 2.10. The van der Waals surface area contributed by atoms with Gasteiger partial charge in [-0.05, 0) is 36.2 Å². The summed E-state index contributed by atoms with van der Waals surface area (Å²) in [6.45, 7) is 0.443. The van der Waals surface area contributed by atoms with Crippen LogP contribution in [0.1, 0.15) is 15.9 Å². The van der Waals surface area contributed by atoms with Crippen LogP contribution in [-0.2, 0) is 6.42 Å². The van der Waals surface area contributed by atoms with Crippen molar-refractivity contribution >= 4 is 17.0 Å². The van der Waals surface area contributed by atoms with Gasteiger partial charge in [0.25, 0.3) is 5.91 Å². The second kappa shape index (κ2) is 7.12. The molecule has 0 aliphatic carbocycles. The molecule has 7 nitrogen and oxygen atoms in total. The number of hydrogen-bond acceptors (Lipinski definition) is 5. The lowest BCUT2D eigenvalue weighted by Crippen LogP contribution is -2.25. The second-order valence-corrected chi connectivity index (χ2v) is 5.45. The molecule has 7 heteroatoms. The fourth-order valence-corrected chi connectivity index (χ4v) is 2.51. The van der Waals surface area contributed by atoms with Gasteiger partial charge in [-0.25, -0.2) is 4.79 Å². The Morgan fingerprint density at radius 1 is 1.12 bits per heavy atom. The number of carbonyl (C=O) groups is 1. The van der Waals surface area contributed by atoms with E-state index in [2.05, 4.69) is 10.3 Å². The van der Waals surface area contributed by atoms with E-state index < -0.39 is 5.76 Å². The molecule has 0 unspecified atom stereocenters. The number of aromatic amines is 1. The van der Waals surface area contributed by atoms with E-state index in [1.54, 1.807) is 30.3 Å². The molecule has 0 fully saturated rings. The van der Waals surface area contributed by atoms with Crippen molar-refractivity contribution in [3.63, 3.8) is 0 Å². The van der Waals surface area contributed by atoms with Crippen molar-refractivity contribution in [1.82, 2.24) is 10.3 Å². The highest BCUT2D eigenvalue weighted by Crippen LogP contribution is 2.22. The summed E-state index contributed by atoms with van der Waals surface area (Å²) in [5.41, 5.74) is 2.58. The van der Waals surface area contributed by atoms with Crippen LogP contribution in [0.3, 0.4) is 0 Å². The van der Waals surface area contributed by atoms with Gasteiger partial charge in [-0.1, -0.05) is 6.07 Å². The number of benzene rings is 2. The van der Waals surface area contributed by atoms with Crippen molar-refractivity contribution in [2.75, 3.05) is 20.8 Å². The van der Waals surface area contributed by atoms with E-state index in [4.69, 9.17) is 13.9 Å². The zero-order valence-corrected chi connectivity index (χ0v) is 13.9. The molecule has 0 aliphatic heterocycles. The van der Waals surface area contributed by atoms with Crippen LogP contribution in [0, 0.1) is 0 Å². The Bertz CT molecular complexity index is 935. The van der Waals surface area contributed by atoms with Crippen LogP contribution in [0.2, 0.25) is 0 Å². The van der Waals surface area contributed by atoms with Gasteiger partial charge >= 0.3 is 5.76 Å². The van der Waals surface area contributed by atoms with Crippen molar-refractivity contribution in [1.29, 1.82) is 0 Å². The van der Waals surface area contributed by atoms with Crippen LogP contribution < -0.4 is 20.5 Å². The van der Waals surface area contributed by atoms with Crippen LogP contribution >= 0.6 is 0 Å². The fourth-order valence-electron chi connectivity index (χ4n) is 2.51. The summed E-state index contributed by atoms with van der Waals surface area (Å²) in [5.74, 6) is 0.411. The van der Waals surface area contributed by atoms with Crippen molar-refractivity contribution in [2.45, 2.75) is 6.42 Å². The number of nitrogens with one attached hydrogen (secondary N) is 2. The Morgan fingerprint density at radius 3 is 2.52 bits per heavy atom. The van der Waals surface area contributed by atoms with Crippen molar-refractivity contribution < 1.29 is 18.7 Å². The minimum Gasteiger partial charge on any atom is -0.497 e. The summed E-state index contributed by atoms with van der Waals surface area (Å²) in [7, 11) is 3.07. The summed E-state index contributed by atoms with van der Waals surface area (Å²) >= 11 is 0. The molecule has 25 heavy (non-hydrogen) atoms. The summed E-state index contributed by atoms with van der Waals surface area (Å²) < 4.78 is 15.4. The maximum atomic E-state index is 12.3. The third kappa shape index (κ3) is 3.82. The number of amides is 1. The highest BCUT2D eigenvalue weighted by atomic mass is 16.5. The Kier molecular flexibility index (Phi) is 4.74. The molecular formula is C18H18N2O5. The Balaban J connectivity index is 1.64. The first-order valence-electron chi connectivity index (χ1n) is 7.72. The number of aromatic nitrogens is 1. The van der Waals surface area contributed by atoms with Gasteiger partial charge < -0.3 is 19.2 Å². The first kappa shape index (κ1) is 16.6. The highest BCUT2D eigenvalue weighted by molar-refractivity contribution is 5.95. The minimum absolute atomic E-state index is 0.216. The molecule has 0 saturated heterocycles. The van der Waals surface area contributed by atoms with E-state index in [-0.39, 0.29) is 5.91 Å². The van der Waals surface area contributed by atoms with E-state index in [9.17, 15) is 9.59 Å². The molecule has 3 rings (SSSR count). The molecule has 0 radical (unpaired) electrons. The maximum absolute atomic E-state index is 12.3. The topological polar surface area (TPSA) is 93.6 Å². The van der Waals surface area contributed by atoms with Crippen molar-refractivity contribution in [2.24, 2.45) is 0 Å². The number of hydrogen-bond donors (Lipinski definition) is 2. The van der Waals surface area contributed by atoms with Crippen LogP contribution in [0.5, 0.6) is 11.5 Å². The fraction of sp³-hybridized carbons (Fsp3) is 0.222. The first-order chi connectivity index (χ1) is 12.1. The predicted octanol–water partition coefficient (Wildman–Crippen LogP) is 2.11. The van der Waals surface area contributed by atoms with Crippen molar-refractivity contribution in [3.05, 3.63) is 58.1 Å². The van der Waals surface area contributed by atoms with E-state index in [0.717, 1.165) is 5.56 Å². The van der Waals surface area contributed by atoms with Gasteiger partial charge in [0.2, 0.25) is 0 Å². The number of rotatable bonds is 6.